The van der Waals surface area contributed by atoms with E-state index in [2.05, 4.69) is 10.3 Å². The number of amides is 2. The Morgan fingerprint density at radius 2 is 2.17 bits per heavy atom. The van der Waals surface area contributed by atoms with E-state index in [1.165, 1.54) is 0 Å². The Morgan fingerprint density at radius 3 is 3.07 bits per heavy atom. The number of nitrogens with one attached hydrogen (secondary N) is 1. The second-order valence-electron chi connectivity index (χ2n) is 7.73. The Kier molecular flexibility index (Phi) is 4.59. The van der Waals surface area contributed by atoms with Gasteiger partial charge < -0.3 is 20.4 Å². The monoisotopic (exact) mass is 402 g/mol. The number of furan rings is 1. The maximum atomic E-state index is 13.1. The van der Waals surface area contributed by atoms with Gasteiger partial charge in [-0.15, -0.1) is 0 Å². The summed E-state index contributed by atoms with van der Waals surface area (Å²) in [6.45, 7) is 0.656. The van der Waals surface area contributed by atoms with E-state index in [0.717, 1.165) is 52.8 Å². The van der Waals surface area contributed by atoms with Gasteiger partial charge >= 0.3 is 0 Å². The van der Waals surface area contributed by atoms with Crippen molar-refractivity contribution in [2.24, 2.45) is 5.73 Å². The van der Waals surface area contributed by atoms with Crippen molar-refractivity contribution in [2.45, 2.75) is 31.7 Å². The molecule has 3 aromatic rings. The first-order chi connectivity index (χ1) is 14.6. The number of aromatic nitrogens is 1. The topological polar surface area (TPSA) is 101 Å². The van der Waals surface area contributed by atoms with E-state index in [4.69, 9.17) is 10.2 Å². The second kappa shape index (κ2) is 7.42. The summed E-state index contributed by atoms with van der Waals surface area (Å²) in [5.74, 6) is 1.09. The molecule has 0 radical (unpaired) electrons. The number of anilines is 2. The summed E-state index contributed by atoms with van der Waals surface area (Å²) >= 11 is 0. The van der Waals surface area contributed by atoms with Gasteiger partial charge in [-0.25, -0.2) is 4.98 Å². The highest BCUT2D eigenvalue weighted by Crippen LogP contribution is 2.37. The highest BCUT2D eigenvalue weighted by Gasteiger charge is 2.26. The van der Waals surface area contributed by atoms with E-state index in [0.29, 0.717) is 18.8 Å². The molecule has 0 bridgehead atoms. The van der Waals surface area contributed by atoms with Gasteiger partial charge in [0.05, 0.1) is 11.7 Å². The molecule has 7 heteroatoms. The summed E-state index contributed by atoms with van der Waals surface area (Å²) in [4.78, 5) is 30.9. The number of nitrogens with two attached hydrogens (primary N) is 1. The lowest BCUT2D eigenvalue weighted by atomic mass is 10.0. The average Bonchev–Trinajstić information content (AvgIpc) is 2.98. The van der Waals surface area contributed by atoms with Gasteiger partial charge in [-0.05, 0) is 48.2 Å². The highest BCUT2D eigenvalue weighted by molar-refractivity contribution is 6.09. The van der Waals surface area contributed by atoms with Crippen LogP contribution in [0.25, 0.3) is 17.0 Å². The predicted octanol–water partition coefficient (Wildman–Crippen LogP) is 3.03. The summed E-state index contributed by atoms with van der Waals surface area (Å²) in [5, 5.41) is 3.67. The van der Waals surface area contributed by atoms with Crippen molar-refractivity contribution in [2.75, 3.05) is 16.8 Å². The molecule has 0 saturated carbocycles. The number of hydrogen-bond acceptors (Lipinski definition) is 5. The van der Waals surface area contributed by atoms with Crippen LogP contribution in [0.2, 0.25) is 0 Å². The van der Waals surface area contributed by atoms with Crippen LogP contribution in [0.4, 0.5) is 11.5 Å². The number of hydrogen-bond donors (Lipinski definition) is 2. The molecule has 0 saturated heterocycles. The van der Waals surface area contributed by atoms with Crippen LogP contribution in [-0.4, -0.2) is 29.4 Å². The van der Waals surface area contributed by atoms with Crippen molar-refractivity contribution in [1.29, 1.82) is 0 Å². The van der Waals surface area contributed by atoms with Crippen LogP contribution in [0.3, 0.4) is 0 Å². The van der Waals surface area contributed by atoms with Crippen LogP contribution in [-0.2, 0) is 22.4 Å². The van der Waals surface area contributed by atoms with Crippen molar-refractivity contribution in [3.63, 3.8) is 0 Å². The van der Waals surface area contributed by atoms with Crippen molar-refractivity contribution >= 4 is 40.4 Å². The van der Waals surface area contributed by atoms with Gasteiger partial charge in [0.1, 0.15) is 17.2 Å². The molecule has 1 unspecified atom stereocenters. The molecular weight excluding hydrogens is 380 g/mol. The summed E-state index contributed by atoms with van der Waals surface area (Å²) < 4.78 is 6.02. The molecule has 2 amide bonds. The first kappa shape index (κ1) is 18.6. The number of carbonyl (C=O) groups is 2. The van der Waals surface area contributed by atoms with Gasteiger partial charge in [-0.3, -0.25) is 9.59 Å². The molecule has 2 aliphatic rings. The molecule has 1 aromatic carbocycles. The Balaban J connectivity index is 1.43. The molecule has 4 heterocycles. The quantitative estimate of drug-likeness (QED) is 0.642. The first-order valence-electron chi connectivity index (χ1n) is 10.2. The molecule has 152 valence electrons. The Bertz CT molecular complexity index is 1180. The first-order valence-corrected chi connectivity index (χ1v) is 10.2. The molecule has 2 aromatic heterocycles. The Hall–Kier alpha value is -3.45. The third kappa shape index (κ3) is 3.27. The minimum atomic E-state index is -0.579. The fourth-order valence-electron chi connectivity index (χ4n) is 4.12. The number of nitrogens with zero attached hydrogens (tertiary/aromatic N) is 2. The number of fused-ring (bicyclic) bond motifs is 4. The Labute approximate surface area is 173 Å². The van der Waals surface area contributed by atoms with Crippen LogP contribution in [0.1, 0.15) is 29.7 Å². The number of carbonyl (C=O) groups excluding carboxylic acids is 2. The summed E-state index contributed by atoms with van der Waals surface area (Å²) in [5.41, 5.74) is 9.18. The van der Waals surface area contributed by atoms with Crippen LogP contribution in [0.5, 0.6) is 0 Å². The molecule has 0 aliphatic carbocycles. The number of aryl methyl sites for hydroxylation is 1. The minimum absolute atomic E-state index is 0.0903. The lowest BCUT2D eigenvalue weighted by Gasteiger charge is -2.21. The number of rotatable bonds is 2. The SMILES string of the molecule is NC1Cc2cc(/C=C/C(=O)N3CCCCc4oc5ccccc5c43)cnc2NC1=O. The average molecular weight is 402 g/mol. The van der Waals surface area contributed by atoms with Crippen molar-refractivity contribution in [3.05, 3.63) is 59.5 Å². The molecule has 1 atom stereocenters. The van der Waals surface area contributed by atoms with Crippen molar-refractivity contribution in [1.82, 2.24) is 4.98 Å². The van der Waals surface area contributed by atoms with E-state index < -0.39 is 6.04 Å². The van der Waals surface area contributed by atoms with Crippen LogP contribution in [0, 0.1) is 0 Å². The molecule has 7 nitrogen and oxygen atoms in total. The largest absolute Gasteiger partial charge is 0.459 e. The van der Waals surface area contributed by atoms with Crippen LogP contribution >= 0.6 is 0 Å². The molecule has 2 aliphatic heterocycles. The van der Waals surface area contributed by atoms with Crippen molar-refractivity contribution < 1.29 is 14.0 Å². The fourth-order valence-corrected chi connectivity index (χ4v) is 4.12. The lowest BCUT2D eigenvalue weighted by molar-refractivity contribution is -0.117. The Morgan fingerprint density at radius 1 is 1.30 bits per heavy atom. The van der Waals surface area contributed by atoms with Crippen molar-refractivity contribution in [3.8, 4) is 0 Å². The fraction of sp³-hybridized carbons (Fsp3) is 0.261. The van der Waals surface area contributed by atoms with Gasteiger partial charge in [0.25, 0.3) is 5.91 Å². The summed E-state index contributed by atoms with van der Waals surface area (Å²) in [7, 11) is 0. The standard InChI is InChI=1S/C23H22N4O3/c24-17-12-15-11-14(13-25-22(15)26-23(17)29)8-9-20(28)27-10-4-3-7-19-21(27)16-5-1-2-6-18(16)30-19/h1-2,5-6,8-9,11,13,17H,3-4,7,10,12,24H2,(H,25,26,29)/b9-8+. The third-order valence-electron chi connectivity index (χ3n) is 5.64. The van der Waals surface area contributed by atoms with E-state index in [1.54, 1.807) is 18.3 Å². The third-order valence-corrected chi connectivity index (χ3v) is 5.64. The number of pyridine rings is 1. The van der Waals surface area contributed by atoms with E-state index in [-0.39, 0.29) is 11.8 Å². The zero-order valence-electron chi connectivity index (χ0n) is 16.4. The van der Waals surface area contributed by atoms with Gasteiger partial charge in [0.2, 0.25) is 5.91 Å². The van der Waals surface area contributed by atoms with E-state index in [1.807, 2.05) is 35.2 Å². The lowest BCUT2D eigenvalue weighted by Crippen LogP contribution is -2.41. The normalized spacial score (nSPS) is 18.8. The molecule has 3 N–H and O–H groups in total. The predicted molar refractivity (Wildman–Crippen MR) is 115 cm³/mol. The maximum absolute atomic E-state index is 13.1. The molecule has 30 heavy (non-hydrogen) atoms. The molecule has 0 fully saturated rings. The zero-order chi connectivity index (χ0) is 20.7. The molecule has 5 rings (SSSR count). The number of para-hydroxylation sites is 1. The van der Waals surface area contributed by atoms with Gasteiger partial charge in [0, 0.05) is 37.0 Å². The highest BCUT2D eigenvalue weighted by atomic mass is 16.3. The van der Waals surface area contributed by atoms with E-state index >= 15 is 0 Å². The van der Waals surface area contributed by atoms with Gasteiger partial charge in [-0.1, -0.05) is 12.1 Å². The smallest absolute Gasteiger partial charge is 0.251 e. The minimum Gasteiger partial charge on any atom is -0.459 e. The van der Waals surface area contributed by atoms with Crippen LogP contribution in [0.15, 0.2) is 47.0 Å². The zero-order valence-corrected chi connectivity index (χ0v) is 16.4. The number of benzene rings is 1. The molecule has 0 spiro atoms. The summed E-state index contributed by atoms with van der Waals surface area (Å²) in [6.07, 6.45) is 8.14. The maximum Gasteiger partial charge on any atom is 0.251 e. The van der Waals surface area contributed by atoms with Gasteiger partial charge in [0.15, 0.2) is 0 Å². The van der Waals surface area contributed by atoms with Gasteiger partial charge in [-0.2, -0.15) is 0 Å². The van der Waals surface area contributed by atoms with E-state index in [9.17, 15) is 9.59 Å². The summed E-state index contributed by atoms with van der Waals surface area (Å²) in [6, 6.07) is 9.16. The van der Waals surface area contributed by atoms with Crippen LogP contribution < -0.4 is 16.0 Å². The second-order valence-corrected chi connectivity index (χ2v) is 7.73. The molecular formula is C23H22N4O3.